The van der Waals surface area contributed by atoms with Gasteiger partial charge in [-0.2, -0.15) is 0 Å². The van der Waals surface area contributed by atoms with E-state index in [1.54, 1.807) is 17.7 Å². The molecule has 5 rings (SSSR count). The Hall–Kier alpha value is -3.19. The number of rotatable bonds is 5. The van der Waals surface area contributed by atoms with Crippen LogP contribution in [0.1, 0.15) is 30.5 Å². The molecule has 0 bridgehead atoms. The van der Waals surface area contributed by atoms with Gasteiger partial charge in [0.2, 0.25) is 0 Å². The second-order valence-electron chi connectivity index (χ2n) is 8.04. The molecule has 1 aliphatic heterocycles. The highest BCUT2D eigenvalue weighted by Crippen LogP contribution is 2.31. The number of hydrogen-bond acceptors (Lipinski definition) is 6. The molecule has 0 atom stereocenters. The summed E-state index contributed by atoms with van der Waals surface area (Å²) in [6, 6.07) is 10.7. The lowest BCUT2D eigenvalue weighted by atomic mass is 10.1. The molecule has 31 heavy (non-hydrogen) atoms. The van der Waals surface area contributed by atoms with E-state index < -0.39 is 0 Å². The van der Waals surface area contributed by atoms with Crippen LogP contribution in [-0.4, -0.2) is 32.6 Å². The SMILES string of the molecule is Cc1cn(-c2ccc(-c3csc(Nc4cc(N5CCCCC5)ccc4C)n3)cn2)cn1. The minimum absolute atomic E-state index is 0.850. The van der Waals surface area contributed by atoms with Crippen molar-refractivity contribution in [1.29, 1.82) is 0 Å². The van der Waals surface area contributed by atoms with Crippen molar-refractivity contribution in [3.05, 3.63) is 65.7 Å². The Bertz CT molecular complexity index is 1170. The van der Waals surface area contributed by atoms with E-state index in [1.807, 2.05) is 30.0 Å². The molecule has 1 N–H and O–H groups in total. The molecule has 0 saturated carbocycles. The number of thiazole rings is 1. The van der Waals surface area contributed by atoms with Crippen molar-refractivity contribution in [2.24, 2.45) is 0 Å². The molecular formula is C24H26N6S. The van der Waals surface area contributed by atoms with Gasteiger partial charge in [-0.05, 0) is 62.9 Å². The van der Waals surface area contributed by atoms with Crippen LogP contribution < -0.4 is 10.2 Å². The van der Waals surface area contributed by atoms with Crippen LogP contribution in [0, 0.1) is 13.8 Å². The molecule has 0 aliphatic carbocycles. The molecule has 158 valence electrons. The van der Waals surface area contributed by atoms with Gasteiger partial charge < -0.3 is 10.2 Å². The summed E-state index contributed by atoms with van der Waals surface area (Å²) in [6.45, 7) is 6.40. The number of piperidine rings is 1. The van der Waals surface area contributed by atoms with Gasteiger partial charge in [-0.3, -0.25) is 4.57 Å². The Balaban J connectivity index is 1.33. The van der Waals surface area contributed by atoms with E-state index in [1.165, 1.54) is 30.5 Å². The van der Waals surface area contributed by atoms with Crippen LogP contribution in [0.2, 0.25) is 0 Å². The number of hydrogen-bond donors (Lipinski definition) is 1. The highest BCUT2D eigenvalue weighted by atomic mass is 32.1. The Morgan fingerprint density at radius 3 is 2.61 bits per heavy atom. The van der Waals surface area contributed by atoms with Crippen LogP contribution in [0.15, 0.2) is 54.4 Å². The van der Waals surface area contributed by atoms with Crippen LogP contribution in [0.3, 0.4) is 0 Å². The predicted molar refractivity (Wildman–Crippen MR) is 128 cm³/mol. The van der Waals surface area contributed by atoms with Gasteiger partial charge in [-0.15, -0.1) is 11.3 Å². The highest BCUT2D eigenvalue weighted by Gasteiger charge is 2.13. The van der Waals surface area contributed by atoms with Crippen molar-refractivity contribution in [2.45, 2.75) is 33.1 Å². The Morgan fingerprint density at radius 2 is 1.87 bits per heavy atom. The summed E-state index contributed by atoms with van der Waals surface area (Å²) in [4.78, 5) is 16.1. The van der Waals surface area contributed by atoms with Gasteiger partial charge in [0.15, 0.2) is 5.13 Å². The van der Waals surface area contributed by atoms with Gasteiger partial charge in [0.05, 0.1) is 11.4 Å². The molecule has 6 nitrogen and oxygen atoms in total. The van der Waals surface area contributed by atoms with Crippen molar-refractivity contribution in [3.63, 3.8) is 0 Å². The predicted octanol–water partition coefficient (Wildman–Crippen LogP) is 5.74. The van der Waals surface area contributed by atoms with E-state index in [4.69, 9.17) is 4.98 Å². The normalized spacial score (nSPS) is 14.1. The molecule has 0 unspecified atom stereocenters. The number of benzene rings is 1. The number of nitrogens with zero attached hydrogens (tertiary/aromatic N) is 5. The maximum atomic E-state index is 4.80. The minimum Gasteiger partial charge on any atom is -0.371 e. The summed E-state index contributed by atoms with van der Waals surface area (Å²) in [5.41, 5.74) is 6.54. The fourth-order valence-electron chi connectivity index (χ4n) is 3.91. The van der Waals surface area contributed by atoms with Gasteiger partial charge >= 0.3 is 0 Å². The molecular weight excluding hydrogens is 404 g/mol. The van der Waals surface area contributed by atoms with Gasteiger partial charge in [0.1, 0.15) is 12.1 Å². The van der Waals surface area contributed by atoms with Gasteiger partial charge in [-0.25, -0.2) is 15.0 Å². The first-order valence-corrected chi connectivity index (χ1v) is 11.6. The average molecular weight is 431 g/mol. The number of pyridine rings is 1. The summed E-state index contributed by atoms with van der Waals surface area (Å²) in [7, 11) is 0. The van der Waals surface area contributed by atoms with Crippen molar-refractivity contribution in [2.75, 3.05) is 23.3 Å². The number of nitrogens with one attached hydrogen (secondary N) is 1. The molecule has 1 aromatic carbocycles. The maximum absolute atomic E-state index is 4.80. The Kier molecular flexibility index (Phi) is 5.42. The second kappa shape index (κ2) is 8.51. The van der Waals surface area contributed by atoms with Gasteiger partial charge in [-0.1, -0.05) is 6.07 Å². The molecule has 0 radical (unpaired) electrons. The zero-order chi connectivity index (χ0) is 21.2. The lowest BCUT2D eigenvalue weighted by Gasteiger charge is -2.29. The first-order valence-electron chi connectivity index (χ1n) is 10.7. The molecule has 3 aromatic heterocycles. The number of anilines is 3. The van der Waals surface area contributed by atoms with Crippen LogP contribution >= 0.6 is 11.3 Å². The molecule has 4 aromatic rings. The third-order valence-corrected chi connectivity index (χ3v) is 6.47. The van der Waals surface area contributed by atoms with Crippen LogP contribution in [0.4, 0.5) is 16.5 Å². The zero-order valence-electron chi connectivity index (χ0n) is 17.9. The lowest BCUT2D eigenvalue weighted by molar-refractivity contribution is 0.578. The average Bonchev–Trinajstić information content (AvgIpc) is 3.45. The third-order valence-electron chi connectivity index (χ3n) is 5.71. The largest absolute Gasteiger partial charge is 0.371 e. The molecule has 1 aliphatic rings. The summed E-state index contributed by atoms with van der Waals surface area (Å²) >= 11 is 1.61. The fourth-order valence-corrected chi connectivity index (χ4v) is 4.64. The van der Waals surface area contributed by atoms with Crippen molar-refractivity contribution < 1.29 is 0 Å². The molecule has 0 amide bonds. The van der Waals surface area contributed by atoms with E-state index in [0.717, 1.165) is 46.7 Å². The van der Waals surface area contributed by atoms with Crippen molar-refractivity contribution in [1.82, 2.24) is 19.5 Å². The molecule has 1 fully saturated rings. The Labute approximate surface area is 186 Å². The van der Waals surface area contributed by atoms with E-state index in [2.05, 4.69) is 56.8 Å². The number of aromatic nitrogens is 4. The molecule has 7 heteroatoms. The third kappa shape index (κ3) is 4.32. The zero-order valence-corrected chi connectivity index (χ0v) is 18.7. The summed E-state index contributed by atoms with van der Waals surface area (Å²) in [6.07, 6.45) is 9.51. The first-order chi connectivity index (χ1) is 15.2. The standard InChI is InChI=1S/C24H26N6S/c1-17-6-8-20(29-10-4-3-5-11-29)12-21(17)27-24-28-22(15-31-24)19-7-9-23(25-13-19)30-14-18(2)26-16-30/h6-9,12-16H,3-5,10-11H2,1-2H3,(H,27,28). The van der Waals surface area contributed by atoms with Gasteiger partial charge in [0.25, 0.3) is 0 Å². The van der Waals surface area contributed by atoms with E-state index in [-0.39, 0.29) is 0 Å². The summed E-state index contributed by atoms with van der Waals surface area (Å²) in [5.74, 6) is 0.850. The maximum Gasteiger partial charge on any atom is 0.187 e. The lowest BCUT2D eigenvalue weighted by Crippen LogP contribution is -2.29. The van der Waals surface area contributed by atoms with E-state index in [9.17, 15) is 0 Å². The molecule has 1 saturated heterocycles. The highest BCUT2D eigenvalue weighted by molar-refractivity contribution is 7.14. The fraction of sp³-hybridized carbons (Fsp3) is 0.292. The molecule has 4 heterocycles. The topological polar surface area (TPSA) is 58.9 Å². The van der Waals surface area contributed by atoms with Gasteiger partial charge in [0, 0.05) is 47.8 Å². The van der Waals surface area contributed by atoms with E-state index in [0.29, 0.717) is 0 Å². The summed E-state index contributed by atoms with van der Waals surface area (Å²) < 4.78 is 1.92. The summed E-state index contributed by atoms with van der Waals surface area (Å²) in [5, 5.41) is 6.50. The van der Waals surface area contributed by atoms with E-state index >= 15 is 0 Å². The van der Waals surface area contributed by atoms with Crippen LogP contribution in [0.25, 0.3) is 17.1 Å². The monoisotopic (exact) mass is 430 g/mol. The van der Waals surface area contributed by atoms with Crippen LogP contribution in [-0.2, 0) is 0 Å². The van der Waals surface area contributed by atoms with Crippen molar-refractivity contribution in [3.8, 4) is 17.1 Å². The van der Waals surface area contributed by atoms with Crippen molar-refractivity contribution >= 4 is 27.8 Å². The second-order valence-corrected chi connectivity index (χ2v) is 8.90. The quantitative estimate of drug-likeness (QED) is 0.437. The van der Waals surface area contributed by atoms with Crippen LogP contribution in [0.5, 0.6) is 0 Å². The Morgan fingerprint density at radius 1 is 1.00 bits per heavy atom. The molecule has 0 spiro atoms. The minimum atomic E-state index is 0.850. The number of aryl methyl sites for hydroxylation is 2. The first kappa shape index (κ1) is 19.8. The number of imidazole rings is 1. The smallest absolute Gasteiger partial charge is 0.187 e.